The van der Waals surface area contributed by atoms with Crippen molar-refractivity contribution in [2.45, 2.75) is 601 Å². The second-order valence-corrected chi connectivity index (χ2v) is 59.7. The number of hydrogen-bond acceptors (Lipinski definition) is 20. The van der Waals surface area contributed by atoms with Gasteiger partial charge in [0.15, 0.2) is 0 Å². The number of ether oxygens (including phenoxy) is 7. The predicted octanol–water partition coefficient (Wildman–Crippen LogP) is 26.8. The maximum absolute atomic E-state index is 6.14. The first-order valence-electron chi connectivity index (χ1n) is 59.0. The lowest BCUT2D eigenvalue weighted by Crippen LogP contribution is -2.57. The van der Waals surface area contributed by atoms with Gasteiger partial charge in [0.25, 0.3) is 0 Å². The Morgan fingerprint density at radius 1 is 0.248 bits per heavy atom. The number of likely N-dealkylation sites (tertiary alicyclic amines) is 3. The predicted molar refractivity (Wildman–Crippen MR) is 635 cm³/mol. The van der Waals surface area contributed by atoms with Gasteiger partial charge in [-0.3, -0.25) is 39.2 Å². The molecule has 0 aromatic heterocycles. The van der Waals surface area contributed by atoms with Crippen LogP contribution in [0.25, 0.3) is 0 Å². The van der Waals surface area contributed by atoms with Crippen LogP contribution < -0.4 is 0 Å². The Hall–Kier alpha value is -0.800. The molecule has 6 saturated heterocycles. The third-order valence-corrected chi connectivity index (χ3v) is 31.2. The molecule has 6 heterocycles. The summed E-state index contributed by atoms with van der Waals surface area (Å²) in [7, 11) is 4.55. The van der Waals surface area contributed by atoms with Gasteiger partial charge in [-0.05, 0) is 537 Å². The zero-order valence-electron chi connectivity index (χ0n) is 104. The van der Waals surface area contributed by atoms with Gasteiger partial charge >= 0.3 is 0 Å². The Labute approximate surface area is 908 Å². The molecule has 0 spiro atoms. The first kappa shape index (κ1) is 142. The minimum Gasteiger partial charge on any atom is -0.376 e. The van der Waals surface area contributed by atoms with E-state index in [0.717, 1.165) is 62.1 Å². The van der Waals surface area contributed by atoms with Crippen LogP contribution in [0.3, 0.4) is 0 Å². The summed E-state index contributed by atoms with van der Waals surface area (Å²) in [5.41, 5.74) is 2.37. The molecule has 10 rings (SSSR count). The summed E-state index contributed by atoms with van der Waals surface area (Å²) in [6, 6.07) is 3.59. The first-order chi connectivity index (χ1) is 64.7. The van der Waals surface area contributed by atoms with E-state index >= 15 is 0 Å². The van der Waals surface area contributed by atoms with Gasteiger partial charge in [-0.1, -0.05) is 29.2 Å². The highest BCUT2D eigenvalue weighted by Crippen LogP contribution is 2.39. The number of piperidine rings is 3. The molecule has 870 valence electrons. The van der Waals surface area contributed by atoms with E-state index in [0.29, 0.717) is 75.3 Å². The van der Waals surface area contributed by atoms with E-state index in [1.54, 1.807) is 0 Å². The average molecular weight is 2060 g/mol. The topological polar surface area (TPSA) is 107 Å². The van der Waals surface area contributed by atoms with Crippen molar-refractivity contribution < 1.29 is 33.2 Å². The standard InChI is InChI=1S/C21H42N2O.C20H40N2O.C19H38N2O.C17H36N2O.C17H35NO2.C16H34N2O.C12H26N2.3CH4/c1-16(2)23(18-13-19(14-18)24-21(6,7)8)15-17-9-11-22(12-10-17)20(3,4)5;1-8-21(17-13-18(14-17)23-20(5,6)7)15-16-9-11-22(12-10-16)19(2,3)4;1-18(2,3)21-10-8-15(9-11-21)14-20(7)16-12-17(13-16)22-19(4,5)6;1-16(2,3)19-13-11-18(12-14-19)10-8-7-9-15-20-17(4,5)6;1-16(2,3)19-11-9-8-10-18(7)14-12-15(13-14)20-17(4,5)6;1-15(2,3)18-12-10-17(11-13-18)9-7-8-14-19-16(4,5)6;1-11(2,3)13-7-9-14(10-8-13)12(4,5)6;;;/h16-19H,9-15H2,1-8H3;16-18H,8-15H2,1-7H3;15-17H,8-14H2,1-7H3;7-15H2,1-6H3;14-15H,8-13H2,1-7H3;7-14H2,1-6H3;7-10H2,1-6H3;3*1H4. The first-order valence-corrected chi connectivity index (χ1v) is 59.0. The van der Waals surface area contributed by atoms with E-state index in [1.165, 1.54) is 292 Å². The molecule has 0 aromatic carbocycles. The smallest absolute Gasteiger partial charge is 0.0612 e. The van der Waals surface area contributed by atoms with Crippen molar-refractivity contribution in [1.29, 1.82) is 0 Å². The van der Waals surface area contributed by atoms with Crippen LogP contribution in [-0.4, -0.2) is 394 Å². The van der Waals surface area contributed by atoms with Crippen molar-refractivity contribution in [3.63, 3.8) is 0 Å². The van der Waals surface area contributed by atoms with Gasteiger partial charge in [-0.2, -0.15) is 0 Å². The van der Waals surface area contributed by atoms with Gasteiger partial charge in [-0.25, -0.2) is 0 Å². The molecule has 0 N–H and O–H groups in total. The molecule has 10 fully saturated rings. The van der Waals surface area contributed by atoms with E-state index in [1.807, 2.05) is 0 Å². The highest BCUT2D eigenvalue weighted by molar-refractivity contribution is 4.98. The number of hydrogen-bond donors (Lipinski definition) is 0. The maximum Gasteiger partial charge on any atom is 0.0612 e. The van der Waals surface area contributed by atoms with Crippen molar-refractivity contribution in [1.82, 2.24) is 63.7 Å². The summed E-state index contributed by atoms with van der Waals surface area (Å²) in [5, 5.41) is 0. The number of nitrogens with zero attached hydrogens (tertiary/aromatic N) is 13. The van der Waals surface area contributed by atoms with Crippen LogP contribution in [0.2, 0.25) is 0 Å². The van der Waals surface area contributed by atoms with Crippen LogP contribution in [0, 0.1) is 17.8 Å². The molecule has 0 aromatic rings. The van der Waals surface area contributed by atoms with Gasteiger partial charge in [0.1, 0.15) is 0 Å². The lowest BCUT2D eigenvalue weighted by molar-refractivity contribution is -0.126. The fourth-order valence-electron chi connectivity index (χ4n) is 21.9. The molecular formula is C125H263N13O7. The molecule has 4 aliphatic carbocycles. The van der Waals surface area contributed by atoms with Gasteiger partial charge in [0.2, 0.25) is 0 Å². The second kappa shape index (κ2) is 63.1. The molecule has 10 aliphatic rings. The number of piperazine rings is 3. The monoisotopic (exact) mass is 2060 g/mol. The largest absolute Gasteiger partial charge is 0.376 e. The average Bonchev–Trinajstić information content (AvgIpc) is 0.804. The van der Waals surface area contributed by atoms with Gasteiger partial charge in [0, 0.05) is 187 Å². The Kier molecular flexibility index (Phi) is 61.9. The lowest BCUT2D eigenvalue weighted by Gasteiger charge is -2.48. The Morgan fingerprint density at radius 2 is 0.476 bits per heavy atom. The van der Waals surface area contributed by atoms with Crippen LogP contribution in [0.5, 0.6) is 0 Å². The summed E-state index contributed by atoms with van der Waals surface area (Å²) in [6.07, 6.45) is 28.3. The molecule has 145 heavy (non-hydrogen) atoms. The van der Waals surface area contributed by atoms with E-state index in [4.69, 9.17) is 33.2 Å². The highest BCUT2D eigenvalue weighted by Gasteiger charge is 2.44. The summed E-state index contributed by atoms with van der Waals surface area (Å²) < 4.78 is 41.6. The Balaban J connectivity index is 0.000000847. The molecule has 0 amide bonds. The highest BCUT2D eigenvalue weighted by atomic mass is 16.5. The Bertz CT molecular complexity index is 3200. The molecule has 20 heteroatoms. The minimum atomic E-state index is -0.00259. The minimum absolute atomic E-state index is 0. The van der Waals surface area contributed by atoms with Gasteiger partial charge in [0.05, 0.1) is 63.6 Å². The quantitative estimate of drug-likeness (QED) is 0.0596. The van der Waals surface area contributed by atoms with E-state index in [9.17, 15) is 0 Å². The summed E-state index contributed by atoms with van der Waals surface area (Å²) in [5.74, 6) is 2.64. The second-order valence-electron chi connectivity index (χ2n) is 59.7. The molecule has 0 radical (unpaired) electrons. The summed E-state index contributed by atoms with van der Waals surface area (Å²) in [6.45, 7) is 134. The van der Waals surface area contributed by atoms with Gasteiger partial charge < -0.3 is 57.7 Å². The molecular weight excluding hydrogens is 1800 g/mol. The van der Waals surface area contributed by atoms with E-state index < -0.39 is 0 Å². The lowest BCUT2D eigenvalue weighted by atomic mass is 9.84. The zero-order valence-corrected chi connectivity index (χ0v) is 104. The van der Waals surface area contributed by atoms with Crippen LogP contribution in [0.1, 0.15) is 469 Å². The third kappa shape index (κ3) is 61.6. The summed E-state index contributed by atoms with van der Waals surface area (Å²) >= 11 is 0. The Morgan fingerprint density at radius 3 is 0.738 bits per heavy atom. The maximum atomic E-state index is 6.14. The molecule has 6 aliphatic heterocycles. The molecule has 0 bridgehead atoms. The SMILES string of the molecule is C.C.C.CC(C)(C)N1CCN(C(C)(C)C)CC1.CC(C)(C)OCCCCCN1CCN(C(C)(C)C)CC1.CC(C)(C)OCCCCN1CCN(C(C)(C)C)CC1.CC(C)N(CC1CCN(C(C)(C)C)CC1)C1CC(OC(C)(C)C)C1.CCN(CC1CCN(C(C)(C)C)CC1)C1CC(OC(C)(C)C)C1.CN(CC1CCN(C(C)(C)C)CC1)C1CC(OC(C)(C)C)C1.CN(CCCCOC(C)(C)C)C1CC(OC(C)(C)C)C1. The van der Waals surface area contributed by atoms with E-state index in [-0.39, 0.29) is 61.5 Å². The number of unbranched alkanes of at least 4 members (excludes halogenated alkanes) is 4. The van der Waals surface area contributed by atoms with Crippen molar-refractivity contribution in [3.8, 4) is 0 Å². The normalized spacial score (nSPS) is 24.2. The van der Waals surface area contributed by atoms with Crippen LogP contribution in [0.4, 0.5) is 0 Å². The molecule has 4 saturated carbocycles. The molecule has 0 unspecified atom stereocenters. The summed E-state index contributed by atoms with van der Waals surface area (Å²) in [4.78, 5) is 34.1. The van der Waals surface area contributed by atoms with Crippen LogP contribution >= 0.6 is 0 Å². The molecule has 0 atom stereocenters. The fraction of sp³-hybridized carbons (Fsp3) is 1.00. The molecule has 20 nitrogen and oxygen atoms in total. The van der Waals surface area contributed by atoms with Crippen molar-refractivity contribution in [2.24, 2.45) is 17.8 Å². The van der Waals surface area contributed by atoms with Gasteiger partial charge in [-0.15, -0.1) is 0 Å². The van der Waals surface area contributed by atoms with Crippen molar-refractivity contribution in [2.75, 3.05) is 198 Å². The number of rotatable bonds is 32. The van der Waals surface area contributed by atoms with E-state index in [2.05, 4.69) is 389 Å². The van der Waals surface area contributed by atoms with Crippen LogP contribution in [-0.2, 0) is 33.2 Å². The van der Waals surface area contributed by atoms with Crippen molar-refractivity contribution >= 4 is 0 Å². The fourth-order valence-corrected chi connectivity index (χ4v) is 21.9. The van der Waals surface area contributed by atoms with Crippen molar-refractivity contribution in [3.05, 3.63) is 0 Å². The zero-order chi connectivity index (χ0) is 108. The third-order valence-electron chi connectivity index (χ3n) is 31.2. The van der Waals surface area contributed by atoms with Crippen LogP contribution in [0.15, 0.2) is 0 Å².